The van der Waals surface area contributed by atoms with Crippen LogP contribution in [0.15, 0.2) is 0 Å². The van der Waals surface area contributed by atoms with Crippen molar-refractivity contribution in [2.75, 3.05) is 13.1 Å². The van der Waals surface area contributed by atoms with Crippen LogP contribution in [-0.2, 0) is 19.2 Å². The van der Waals surface area contributed by atoms with Crippen molar-refractivity contribution in [3.8, 4) is 0 Å². The molecule has 4 unspecified atom stereocenters. The van der Waals surface area contributed by atoms with Crippen molar-refractivity contribution in [1.82, 2.24) is 21.3 Å². The normalized spacial score (nSPS) is 18.8. The molecule has 1 aliphatic heterocycles. The lowest BCUT2D eigenvalue weighted by atomic mass is 10.0. The van der Waals surface area contributed by atoms with Crippen molar-refractivity contribution in [2.24, 2.45) is 17.6 Å². The minimum atomic E-state index is -1.13. The molecule has 0 aromatic carbocycles. The zero-order valence-electron chi connectivity index (χ0n) is 19.8. The number of nitrogens with two attached hydrogens (primary N) is 1. The Balaban J connectivity index is 2.91. The number of hydrogen-bond acceptors (Lipinski definition) is 6. The van der Waals surface area contributed by atoms with E-state index < -0.39 is 35.9 Å². The summed E-state index contributed by atoms with van der Waals surface area (Å²) in [5, 5.41) is 20.6. The summed E-state index contributed by atoms with van der Waals surface area (Å²) in [6, 6.07) is -3.07. The van der Waals surface area contributed by atoms with E-state index in [1.807, 2.05) is 13.8 Å². The fourth-order valence-electron chi connectivity index (χ4n) is 3.68. The van der Waals surface area contributed by atoms with E-state index in [9.17, 15) is 24.3 Å². The van der Waals surface area contributed by atoms with Gasteiger partial charge in [0.25, 0.3) is 0 Å². The summed E-state index contributed by atoms with van der Waals surface area (Å²) in [6.07, 6.45) is 3.64. The average Bonchev–Trinajstić information content (AvgIpc) is 3.24. The number of carbonyl (C=O) groups is 4. The van der Waals surface area contributed by atoms with Gasteiger partial charge in [-0.15, -0.1) is 0 Å². The Bertz CT molecular complexity index is 634. The molecule has 10 heteroatoms. The summed E-state index contributed by atoms with van der Waals surface area (Å²) in [7, 11) is 0. The van der Waals surface area contributed by atoms with E-state index in [1.54, 1.807) is 13.8 Å². The molecule has 184 valence electrons. The number of amides is 3. The number of carboxylic acids is 1. The summed E-state index contributed by atoms with van der Waals surface area (Å²) >= 11 is 0. The van der Waals surface area contributed by atoms with Gasteiger partial charge in [-0.1, -0.05) is 27.7 Å². The van der Waals surface area contributed by atoms with E-state index >= 15 is 0 Å². The first-order valence-electron chi connectivity index (χ1n) is 11.6. The Morgan fingerprint density at radius 2 is 1.66 bits per heavy atom. The highest BCUT2D eigenvalue weighted by molar-refractivity contribution is 5.94. The van der Waals surface area contributed by atoms with E-state index in [-0.39, 0.29) is 23.8 Å². The Morgan fingerprint density at radius 1 is 1.00 bits per heavy atom. The van der Waals surface area contributed by atoms with E-state index in [1.165, 1.54) is 0 Å². The van der Waals surface area contributed by atoms with Crippen LogP contribution in [0.1, 0.15) is 66.2 Å². The van der Waals surface area contributed by atoms with Crippen LogP contribution in [0.2, 0.25) is 0 Å². The number of unbranched alkanes of at least 4 members (excludes halogenated alkanes) is 1. The van der Waals surface area contributed by atoms with Crippen LogP contribution in [0.4, 0.5) is 0 Å². The number of rotatable bonds is 14. The minimum Gasteiger partial charge on any atom is -0.480 e. The highest BCUT2D eigenvalue weighted by Crippen LogP contribution is 2.11. The Morgan fingerprint density at radius 3 is 2.16 bits per heavy atom. The molecule has 1 rings (SSSR count). The van der Waals surface area contributed by atoms with Crippen LogP contribution >= 0.6 is 0 Å². The second kappa shape index (κ2) is 14.1. The van der Waals surface area contributed by atoms with Gasteiger partial charge in [-0.25, -0.2) is 4.79 Å². The van der Waals surface area contributed by atoms with Crippen molar-refractivity contribution >= 4 is 23.7 Å². The molecule has 0 saturated carbocycles. The predicted molar refractivity (Wildman–Crippen MR) is 122 cm³/mol. The van der Waals surface area contributed by atoms with E-state index in [4.69, 9.17) is 5.73 Å². The standard InChI is InChI=1S/C22H41N5O5/c1-13(2)12-17(26-19(28)15-9-7-11-24-15)21(30)25-16(8-5-6-10-23)20(29)27-18(14(3)4)22(31)32/h13-18,24H,5-12,23H2,1-4H3,(H,25,30)(H,26,28)(H,27,29)(H,31,32). The van der Waals surface area contributed by atoms with Gasteiger partial charge in [-0.2, -0.15) is 0 Å². The lowest BCUT2D eigenvalue weighted by Gasteiger charge is -2.26. The van der Waals surface area contributed by atoms with Gasteiger partial charge in [0.15, 0.2) is 0 Å². The fourth-order valence-corrected chi connectivity index (χ4v) is 3.68. The molecule has 10 nitrogen and oxygen atoms in total. The van der Waals surface area contributed by atoms with Gasteiger partial charge < -0.3 is 32.1 Å². The highest BCUT2D eigenvalue weighted by atomic mass is 16.4. The molecule has 32 heavy (non-hydrogen) atoms. The topological polar surface area (TPSA) is 163 Å². The Kier molecular flexibility index (Phi) is 12.2. The summed E-state index contributed by atoms with van der Waals surface area (Å²) in [5.74, 6) is -2.53. The van der Waals surface area contributed by atoms with Crippen molar-refractivity contribution in [3.63, 3.8) is 0 Å². The number of nitrogens with one attached hydrogen (secondary N) is 4. The van der Waals surface area contributed by atoms with Gasteiger partial charge in [-0.3, -0.25) is 14.4 Å². The molecular formula is C22H41N5O5. The maximum atomic E-state index is 13.1. The second-order valence-electron chi connectivity index (χ2n) is 9.25. The van der Waals surface area contributed by atoms with Gasteiger partial charge in [-0.05, 0) is 63.5 Å². The van der Waals surface area contributed by atoms with Crippen LogP contribution in [0.3, 0.4) is 0 Å². The largest absolute Gasteiger partial charge is 0.480 e. The number of aliphatic carboxylic acids is 1. The molecule has 0 aliphatic carbocycles. The van der Waals surface area contributed by atoms with Crippen LogP contribution < -0.4 is 27.0 Å². The highest BCUT2D eigenvalue weighted by Gasteiger charge is 2.32. The summed E-state index contributed by atoms with van der Waals surface area (Å²) < 4.78 is 0. The van der Waals surface area contributed by atoms with E-state index in [2.05, 4.69) is 21.3 Å². The third-order valence-corrected chi connectivity index (χ3v) is 5.53. The first-order valence-corrected chi connectivity index (χ1v) is 11.6. The zero-order chi connectivity index (χ0) is 24.3. The molecular weight excluding hydrogens is 414 g/mol. The second-order valence-corrected chi connectivity index (χ2v) is 9.25. The maximum Gasteiger partial charge on any atom is 0.326 e. The molecule has 1 aliphatic rings. The molecule has 0 bridgehead atoms. The van der Waals surface area contributed by atoms with Crippen LogP contribution in [-0.4, -0.2) is 66.1 Å². The average molecular weight is 456 g/mol. The monoisotopic (exact) mass is 455 g/mol. The summed E-state index contributed by atoms with van der Waals surface area (Å²) in [4.78, 5) is 50.0. The third-order valence-electron chi connectivity index (χ3n) is 5.53. The fraction of sp³-hybridized carbons (Fsp3) is 0.818. The molecule has 4 atom stereocenters. The smallest absolute Gasteiger partial charge is 0.326 e. The molecule has 3 amide bonds. The SMILES string of the molecule is CC(C)CC(NC(=O)C1CCCN1)C(=O)NC(CCCCN)C(=O)NC(C(=O)O)C(C)C. The van der Waals surface area contributed by atoms with Crippen LogP contribution in [0.25, 0.3) is 0 Å². The van der Waals surface area contributed by atoms with Gasteiger partial charge >= 0.3 is 5.97 Å². The van der Waals surface area contributed by atoms with Gasteiger partial charge in [0.1, 0.15) is 18.1 Å². The molecule has 1 heterocycles. The quantitative estimate of drug-likeness (QED) is 0.202. The van der Waals surface area contributed by atoms with Crippen molar-refractivity contribution in [2.45, 2.75) is 90.4 Å². The van der Waals surface area contributed by atoms with Crippen molar-refractivity contribution in [1.29, 1.82) is 0 Å². The molecule has 7 N–H and O–H groups in total. The molecule has 0 spiro atoms. The predicted octanol–water partition coefficient (Wildman–Crippen LogP) is 0.109. The summed E-state index contributed by atoms with van der Waals surface area (Å²) in [6.45, 7) is 8.52. The zero-order valence-corrected chi connectivity index (χ0v) is 19.8. The van der Waals surface area contributed by atoms with E-state index in [0.717, 1.165) is 19.4 Å². The summed E-state index contributed by atoms with van der Waals surface area (Å²) in [5.41, 5.74) is 5.55. The first kappa shape index (κ1) is 27.8. The minimum absolute atomic E-state index is 0.143. The van der Waals surface area contributed by atoms with Crippen molar-refractivity contribution in [3.05, 3.63) is 0 Å². The molecule has 0 radical (unpaired) electrons. The lowest BCUT2D eigenvalue weighted by Crippen LogP contribution is -2.57. The van der Waals surface area contributed by atoms with Gasteiger partial charge in [0.05, 0.1) is 6.04 Å². The van der Waals surface area contributed by atoms with Crippen molar-refractivity contribution < 1.29 is 24.3 Å². The number of carboxylic acid groups (broad SMARTS) is 1. The molecule has 0 aromatic rings. The molecule has 0 aromatic heterocycles. The molecule has 1 fully saturated rings. The third kappa shape index (κ3) is 9.52. The Labute approximate surface area is 190 Å². The van der Waals surface area contributed by atoms with Gasteiger partial charge in [0.2, 0.25) is 17.7 Å². The number of hydrogen-bond donors (Lipinski definition) is 6. The maximum absolute atomic E-state index is 13.1. The first-order chi connectivity index (χ1) is 15.1. The number of carbonyl (C=O) groups excluding carboxylic acids is 3. The molecule has 1 saturated heterocycles. The Hall–Kier alpha value is -2.20. The van der Waals surface area contributed by atoms with Crippen LogP contribution in [0, 0.1) is 11.8 Å². The van der Waals surface area contributed by atoms with E-state index in [0.29, 0.717) is 32.2 Å². The van der Waals surface area contributed by atoms with Gasteiger partial charge in [0, 0.05) is 0 Å². The lowest BCUT2D eigenvalue weighted by molar-refractivity contribution is -0.143. The van der Waals surface area contributed by atoms with Crippen LogP contribution in [0.5, 0.6) is 0 Å².